The molecule has 2 amide bonds. The summed E-state index contributed by atoms with van der Waals surface area (Å²) in [7, 11) is -4.94. The lowest BCUT2D eigenvalue weighted by molar-refractivity contribution is -0.142. The van der Waals surface area contributed by atoms with Crippen LogP contribution >= 0.6 is 0 Å². The number of hydrogen-bond acceptors (Lipinski definition) is 6. The molecule has 2 aliphatic rings. The first-order chi connectivity index (χ1) is 11.7. The summed E-state index contributed by atoms with van der Waals surface area (Å²) < 4.78 is 40.9. The second kappa shape index (κ2) is 6.17. The number of carbonyl (C=O) groups excluding carboxylic acids is 1. The molecule has 136 valence electrons. The number of rotatable bonds is 6. The Morgan fingerprint density at radius 3 is 2.68 bits per heavy atom. The zero-order valence-corrected chi connectivity index (χ0v) is 14.0. The molecule has 2 bridgehead atoms. The fourth-order valence-electron chi connectivity index (χ4n) is 3.06. The van der Waals surface area contributed by atoms with E-state index >= 15 is 0 Å². The van der Waals surface area contributed by atoms with Crippen molar-refractivity contribution < 1.29 is 36.7 Å². The van der Waals surface area contributed by atoms with Gasteiger partial charge < -0.3 is 14.7 Å². The van der Waals surface area contributed by atoms with Gasteiger partial charge in [0.1, 0.15) is 11.8 Å². The summed E-state index contributed by atoms with van der Waals surface area (Å²) >= 11 is 0. The first-order valence-corrected chi connectivity index (χ1v) is 8.85. The zero-order chi connectivity index (χ0) is 18.4. The third-order valence-electron chi connectivity index (χ3n) is 3.99. The Morgan fingerprint density at radius 2 is 2.08 bits per heavy atom. The third-order valence-corrected chi connectivity index (χ3v) is 4.34. The van der Waals surface area contributed by atoms with E-state index in [9.17, 15) is 23.1 Å². The minimum atomic E-state index is -4.94. The lowest BCUT2D eigenvalue weighted by Gasteiger charge is -2.30. The molecule has 2 atom stereocenters. The molecule has 2 unspecified atom stereocenters. The Hall–Kier alpha value is -2.37. The molecule has 1 aromatic rings. The van der Waals surface area contributed by atoms with E-state index in [1.165, 1.54) is 6.07 Å². The Labute approximate surface area is 143 Å². The lowest BCUT2D eigenvalue weighted by atomic mass is 9.91. The topological polar surface area (TPSA) is 134 Å². The first kappa shape index (κ1) is 17.5. The number of carboxylic acid groups (broad SMARTS) is 1. The molecule has 2 aliphatic heterocycles. The average molecular weight is 372 g/mol. The number of amides is 2. The number of ether oxygens (including phenoxy) is 1. The molecular weight excluding hydrogens is 356 g/mol. The molecule has 11 heteroatoms. The zero-order valence-electron chi connectivity index (χ0n) is 13.2. The van der Waals surface area contributed by atoms with Crippen molar-refractivity contribution in [1.82, 2.24) is 9.96 Å². The number of hydrogen-bond donors (Lipinski definition) is 2. The van der Waals surface area contributed by atoms with Crippen LogP contribution in [0.4, 0.5) is 4.79 Å². The summed E-state index contributed by atoms with van der Waals surface area (Å²) in [5, 5.41) is 9.97. The van der Waals surface area contributed by atoms with Crippen LogP contribution in [-0.2, 0) is 19.5 Å². The van der Waals surface area contributed by atoms with Crippen LogP contribution in [0.1, 0.15) is 36.6 Å². The normalized spacial score (nSPS) is 22.1. The maximum atomic E-state index is 12.4. The lowest BCUT2D eigenvalue weighted by Crippen LogP contribution is -2.38. The molecule has 2 N–H and O–H groups in total. The van der Waals surface area contributed by atoms with Crippen molar-refractivity contribution in [2.45, 2.75) is 25.4 Å². The Balaban J connectivity index is 2.07. The number of fused-ring (bicyclic) bond motifs is 4. The second-order valence-corrected chi connectivity index (χ2v) is 6.66. The van der Waals surface area contributed by atoms with Crippen molar-refractivity contribution in [3.05, 3.63) is 29.3 Å². The fraction of sp³-hybridized carbons (Fsp3) is 0.429. The van der Waals surface area contributed by atoms with Gasteiger partial charge in [0.05, 0.1) is 13.2 Å². The predicted molar refractivity (Wildman–Crippen MR) is 81.9 cm³/mol. The summed E-state index contributed by atoms with van der Waals surface area (Å²) in [5.41, 5.74) is 0.731. The van der Waals surface area contributed by atoms with E-state index in [4.69, 9.17) is 9.29 Å². The van der Waals surface area contributed by atoms with E-state index < -0.39 is 34.5 Å². The minimum absolute atomic E-state index is 0.0877. The number of carbonyl (C=O) groups is 2. The van der Waals surface area contributed by atoms with Crippen LogP contribution in [-0.4, -0.2) is 53.2 Å². The fourth-order valence-corrected chi connectivity index (χ4v) is 3.43. The van der Waals surface area contributed by atoms with E-state index in [0.29, 0.717) is 28.5 Å². The van der Waals surface area contributed by atoms with Crippen LogP contribution in [0, 0.1) is 0 Å². The quantitative estimate of drug-likeness (QED) is 0.710. The molecule has 25 heavy (non-hydrogen) atoms. The second-order valence-electron chi connectivity index (χ2n) is 5.66. The van der Waals surface area contributed by atoms with Gasteiger partial charge >= 0.3 is 22.4 Å². The molecule has 10 nitrogen and oxygen atoms in total. The molecule has 0 saturated carbocycles. The molecule has 0 aliphatic carbocycles. The van der Waals surface area contributed by atoms with Gasteiger partial charge in [-0.1, -0.05) is 13.0 Å². The van der Waals surface area contributed by atoms with Gasteiger partial charge in [-0.05, 0) is 29.7 Å². The molecular formula is C14H16N2O8S. The maximum Gasteiger partial charge on any atom is 0.418 e. The largest absolute Gasteiger partial charge is 0.494 e. The summed E-state index contributed by atoms with van der Waals surface area (Å²) in [4.78, 5) is 25.0. The molecule has 0 radical (unpaired) electrons. The van der Waals surface area contributed by atoms with E-state index in [2.05, 4.69) is 4.28 Å². The molecule has 0 spiro atoms. The van der Waals surface area contributed by atoms with Crippen LogP contribution in [0.5, 0.6) is 5.75 Å². The van der Waals surface area contributed by atoms with Gasteiger partial charge in [-0.15, -0.1) is 4.28 Å². The van der Waals surface area contributed by atoms with Gasteiger partial charge in [0.2, 0.25) is 0 Å². The van der Waals surface area contributed by atoms with Gasteiger partial charge in [-0.2, -0.15) is 13.5 Å². The maximum absolute atomic E-state index is 12.4. The van der Waals surface area contributed by atoms with Crippen LogP contribution in [0.2, 0.25) is 0 Å². The van der Waals surface area contributed by atoms with Crippen molar-refractivity contribution >= 4 is 22.4 Å². The first-order valence-electron chi connectivity index (χ1n) is 7.49. The van der Waals surface area contributed by atoms with E-state index in [-0.39, 0.29) is 6.54 Å². The monoisotopic (exact) mass is 372 g/mol. The van der Waals surface area contributed by atoms with Crippen molar-refractivity contribution in [3.63, 3.8) is 0 Å². The smallest absolute Gasteiger partial charge is 0.418 e. The molecule has 0 aromatic heterocycles. The van der Waals surface area contributed by atoms with E-state index in [1.807, 2.05) is 6.92 Å². The average Bonchev–Trinajstić information content (AvgIpc) is 2.78. The highest BCUT2D eigenvalue weighted by molar-refractivity contribution is 7.80. The van der Waals surface area contributed by atoms with Crippen molar-refractivity contribution in [2.24, 2.45) is 0 Å². The van der Waals surface area contributed by atoms with Gasteiger partial charge in [0.15, 0.2) is 6.04 Å². The number of nitrogens with zero attached hydrogens (tertiary/aromatic N) is 2. The van der Waals surface area contributed by atoms with Gasteiger partial charge in [-0.3, -0.25) is 4.55 Å². The summed E-state index contributed by atoms with van der Waals surface area (Å²) in [6.07, 6.45) is 0.766. The van der Waals surface area contributed by atoms with Gasteiger partial charge in [0, 0.05) is 0 Å². The Bertz CT molecular complexity index is 824. The summed E-state index contributed by atoms with van der Waals surface area (Å²) in [5.74, 6) is -0.798. The van der Waals surface area contributed by atoms with Crippen molar-refractivity contribution in [2.75, 3.05) is 13.2 Å². The Morgan fingerprint density at radius 1 is 1.36 bits per heavy atom. The highest BCUT2D eigenvalue weighted by atomic mass is 32.3. The summed E-state index contributed by atoms with van der Waals surface area (Å²) in [6.45, 7) is 2.28. The van der Waals surface area contributed by atoms with Gasteiger partial charge in [-0.25, -0.2) is 9.59 Å². The third kappa shape index (κ3) is 3.13. The highest BCUT2D eigenvalue weighted by Crippen LogP contribution is 2.45. The molecule has 2 heterocycles. The summed E-state index contributed by atoms with van der Waals surface area (Å²) in [6, 6.07) is 1.56. The van der Waals surface area contributed by atoms with Crippen LogP contribution in [0.25, 0.3) is 0 Å². The molecule has 1 aromatic carbocycles. The molecule has 3 rings (SSSR count). The SMILES string of the molecule is CCCOc1ccc2c(c1)C1CN(C(=O)N1OS(=O)(=O)O)C2C(=O)O. The predicted octanol–water partition coefficient (Wildman–Crippen LogP) is 1.13. The molecule has 1 saturated heterocycles. The number of carboxylic acids is 1. The van der Waals surface area contributed by atoms with E-state index in [0.717, 1.165) is 11.3 Å². The van der Waals surface area contributed by atoms with E-state index in [1.54, 1.807) is 12.1 Å². The van der Waals surface area contributed by atoms with Gasteiger partial charge in [0.25, 0.3) is 0 Å². The van der Waals surface area contributed by atoms with Crippen LogP contribution in [0.3, 0.4) is 0 Å². The number of aliphatic carboxylic acids is 1. The standard InChI is InChI=1S/C14H16N2O8S/c1-2-5-23-8-3-4-9-10(6-8)11-7-15(12(9)13(17)18)14(19)16(11)24-25(20,21)22/h3-4,6,11-12H,2,5,7H2,1H3,(H,17,18)(H,20,21,22). The molecule has 1 fully saturated rings. The van der Waals surface area contributed by atoms with Crippen LogP contribution in [0.15, 0.2) is 18.2 Å². The van der Waals surface area contributed by atoms with Crippen molar-refractivity contribution in [3.8, 4) is 5.75 Å². The Kier molecular flexibility index (Phi) is 4.31. The number of benzene rings is 1. The highest BCUT2D eigenvalue weighted by Gasteiger charge is 2.52. The van der Waals surface area contributed by atoms with Crippen LogP contribution < -0.4 is 4.74 Å². The van der Waals surface area contributed by atoms with Crippen molar-refractivity contribution in [1.29, 1.82) is 0 Å². The number of urea groups is 1. The minimum Gasteiger partial charge on any atom is -0.494 e. The number of hydroxylamine groups is 2.